The smallest absolute Gasteiger partial charge is 0.260 e. The summed E-state index contributed by atoms with van der Waals surface area (Å²) in [4.78, 5) is 28.3. The second-order valence-corrected chi connectivity index (χ2v) is 6.82. The van der Waals surface area contributed by atoms with Crippen LogP contribution in [0.15, 0.2) is 28.7 Å². The fraction of sp³-hybridized carbons (Fsp3) is 0.556. The van der Waals surface area contributed by atoms with E-state index in [2.05, 4.69) is 15.9 Å². The second-order valence-electron chi connectivity index (χ2n) is 5.91. The van der Waals surface area contributed by atoms with Gasteiger partial charge in [-0.3, -0.25) is 9.59 Å². The van der Waals surface area contributed by atoms with E-state index in [9.17, 15) is 9.59 Å². The summed E-state index contributed by atoms with van der Waals surface area (Å²) < 4.78 is 6.51. The molecule has 0 aromatic heterocycles. The highest BCUT2D eigenvalue weighted by molar-refractivity contribution is 9.10. The van der Waals surface area contributed by atoms with Crippen LogP contribution in [0.3, 0.4) is 0 Å². The molecule has 1 aliphatic rings. The van der Waals surface area contributed by atoms with Crippen molar-refractivity contribution < 1.29 is 14.3 Å². The number of hydrogen-bond donors (Lipinski definition) is 0. The summed E-state index contributed by atoms with van der Waals surface area (Å²) in [5, 5.41) is 0. The normalized spacial score (nSPS) is 15.2. The van der Waals surface area contributed by atoms with Crippen molar-refractivity contribution in [1.29, 1.82) is 0 Å². The number of rotatable bonds is 6. The number of carbonyl (C=O) groups is 2. The SMILES string of the molecule is CCN(CC)C(=O)C1CCN(C(=O)COc2ccc(Br)cc2)CC1. The van der Waals surface area contributed by atoms with Crippen LogP contribution in [0.5, 0.6) is 5.75 Å². The average molecular weight is 397 g/mol. The van der Waals surface area contributed by atoms with Gasteiger partial charge in [-0.15, -0.1) is 0 Å². The van der Waals surface area contributed by atoms with Gasteiger partial charge in [-0.05, 0) is 51.0 Å². The lowest BCUT2D eigenvalue weighted by Gasteiger charge is -2.33. The summed E-state index contributed by atoms with van der Waals surface area (Å²) in [6.45, 7) is 6.78. The monoisotopic (exact) mass is 396 g/mol. The standard InChI is InChI=1S/C18H25BrN2O3/c1-3-20(4-2)18(23)14-9-11-21(12-10-14)17(22)13-24-16-7-5-15(19)6-8-16/h5-8,14H,3-4,9-13H2,1-2H3. The maximum atomic E-state index is 12.4. The number of halogens is 1. The summed E-state index contributed by atoms with van der Waals surface area (Å²) in [7, 11) is 0. The first-order valence-corrected chi connectivity index (χ1v) is 9.29. The lowest BCUT2D eigenvalue weighted by atomic mass is 9.95. The van der Waals surface area contributed by atoms with Crippen molar-refractivity contribution >= 4 is 27.7 Å². The Kier molecular flexibility index (Phi) is 7.09. The van der Waals surface area contributed by atoms with E-state index in [1.807, 2.05) is 43.0 Å². The van der Waals surface area contributed by atoms with Gasteiger partial charge in [0, 0.05) is 36.6 Å². The first-order valence-electron chi connectivity index (χ1n) is 8.50. The third kappa shape index (κ3) is 4.97. The molecule has 0 saturated carbocycles. The lowest BCUT2D eigenvalue weighted by Crippen LogP contribution is -2.45. The fourth-order valence-electron chi connectivity index (χ4n) is 2.94. The Morgan fingerprint density at radius 3 is 2.29 bits per heavy atom. The van der Waals surface area contributed by atoms with E-state index in [4.69, 9.17) is 4.74 Å². The minimum atomic E-state index is -0.0216. The molecule has 1 aromatic rings. The molecule has 1 fully saturated rings. The predicted molar refractivity (Wildman–Crippen MR) is 96.9 cm³/mol. The quantitative estimate of drug-likeness (QED) is 0.742. The van der Waals surface area contributed by atoms with Crippen molar-refractivity contribution in [3.8, 4) is 5.75 Å². The summed E-state index contributed by atoms with van der Waals surface area (Å²) >= 11 is 3.36. The summed E-state index contributed by atoms with van der Waals surface area (Å²) in [6.07, 6.45) is 1.47. The minimum absolute atomic E-state index is 0.0216. The van der Waals surface area contributed by atoms with E-state index in [-0.39, 0.29) is 24.3 Å². The van der Waals surface area contributed by atoms with Gasteiger partial charge in [0.25, 0.3) is 5.91 Å². The molecule has 5 nitrogen and oxygen atoms in total. The molecule has 1 saturated heterocycles. The van der Waals surface area contributed by atoms with Crippen LogP contribution >= 0.6 is 15.9 Å². The van der Waals surface area contributed by atoms with Crippen LogP contribution in [0.25, 0.3) is 0 Å². The van der Waals surface area contributed by atoms with E-state index < -0.39 is 0 Å². The number of nitrogens with zero attached hydrogens (tertiary/aromatic N) is 2. The van der Waals surface area contributed by atoms with Crippen molar-refractivity contribution in [2.75, 3.05) is 32.8 Å². The van der Waals surface area contributed by atoms with Gasteiger partial charge >= 0.3 is 0 Å². The number of hydrogen-bond acceptors (Lipinski definition) is 3. The molecule has 0 radical (unpaired) electrons. The number of likely N-dealkylation sites (tertiary alicyclic amines) is 1. The van der Waals surface area contributed by atoms with Crippen LogP contribution in [0, 0.1) is 5.92 Å². The lowest BCUT2D eigenvalue weighted by molar-refractivity contribution is -0.141. The Morgan fingerprint density at radius 2 is 1.75 bits per heavy atom. The Labute approximate surface area is 152 Å². The zero-order valence-electron chi connectivity index (χ0n) is 14.3. The fourth-order valence-corrected chi connectivity index (χ4v) is 3.20. The molecule has 1 aromatic carbocycles. The molecule has 0 N–H and O–H groups in total. The molecular formula is C18H25BrN2O3. The molecule has 0 unspecified atom stereocenters. The Bertz CT molecular complexity index is 550. The van der Waals surface area contributed by atoms with Gasteiger partial charge in [-0.1, -0.05) is 15.9 Å². The van der Waals surface area contributed by atoms with Gasteiger partial charge in [0.2, 0.25) is 5.91 Å². The minimum Gasteiger partial charge on any atom is -0.484 e. The van der Waals surface area contributed by atoms with Gasteiger partial charge in [-0.2, -0.15) is 0 Å². The third-order valence-corrected chi connectivity index (χ3v) is 4.98. The van der Waals surface area contributed by atoms with Crippen molar-refractivity contribution in [2.45, 2.75) is 26.7 Å². The van der Waals surface area contributed by atoms with Crippen molar-refractivity contribution in [2.24, 2.45) is 5.92 Å². The van der Waals surface area contributed by atoms with Crippen molar-refractivity contribution in [1.82, 2.24) is 9.80 Å². The van der Waals surface area contributed by atoms with Crippen molar-refractivity contribution in [3.05, 3.63) is 28.7 Å². The largest absolute Gasteiger partial charge is 0.484 e. The molecule has 132 valence electrons. The average Bonchev–Trinajstić information content (AvgIpc) is 2.62. The Morgan fingerprint density at radius 1 is 1.17 bits per heavy atom. The van der Waals surface area contributed by atoms with Crippen LogP contribution in [0.4, 0.5) is 0 Å². The van der Waals surface area contributed by atoms with E-state index in [0.29, 0.717) is 18.8 Å². The van der Waals surface area contributed by atoms with Crippen LogP contribution < -0.4 is 4.74 Å². The molecular weight excluding hydrogens is 372 g/mol. The maximum Gasteiger partial charge on any atom is 0.260 e. The van der Waals surface area contributed by atoms with Crippen LogP contribution in [0.1, 0.15) is 26.7 Å². The van der Waals surface area contributed by atoms with E-state index >= 15 is 0 Å². The Balaban J connectivity index is 1.78. The highest BCUT2D eigenvalue weighted by Crippen LogP contribution is 2.20. The van der Waals surface area contributed by atoms with Crippen LogP contribution in [-0.2, 0) is 9.59 Å². The molecule has 24 heavy (non-hydrogen) atoms. The molecule has 0 atom stereocenters. The first-order chi connectivity index (χ1) is 11.5. The molecule has 2 amide bonds. The van der Waals surface area contributed by atoms with E-state index in [0.717, 1.165) is 30.4 Å². The number of carbonyl (C=O) groups excluding carboxylic acids is 2. The zero-order valence-corrected chi connectivity index (χ0v) is 15.9. The summed E-state index contributed by atoms with van der Waals surface area (Å²) in [5.41, 5.74) is 0. The topological polar surface area (TPSA) is 49.9 Å². The van der Waals surface area contributed by atoms with Gasteiger partial charge in [-0.25, -0.2) is 0 Å². The van der Waals surface area contributed by atoms with Crippen molar-refractivity contribution in [3.63, 3.8) is 0 Å². The third-order valence-electron chi connectivity index (χ3n) is 4.45. The molecule has 1 heterocycles. The maximum absolute atomic E-state index is 12.4. The first kappa shape index (κ1) is 18.8. The highest BCUT2D eigenvalue weighted by Gasteiger charge is 2.29. The van der Waals surface area contributed by atoms with Gasteiger partial charge < -0.3 is 14.5 Å². The van der Waals surface area contributed by atoms with E-state index in [1.165, 1.54) is 0 Å². The van der Waals surface area contributed by atoms with E-state index in [1.54, 1.807) is 4.90 Å². The molecule has 1 aliphatic heterocycles. The number of piperidine rings is 1. The number of benzene rings is 1. The van der Waals surface area contributed by atoms with Crippen LogP contribution in [-0.4, -0.2) is 54.4 Å². The molecule has 0 bridgehead atoms. The molecule has 0 aliphatic carbocycles. The number of amides is 2. The second kappa shape index (κ2) is 9.06. The Hall–Kier alpha value is -1.56. The summed E-state index contributed by atoms with van der Waals surface area (Å²) in [6, 6.07) is 7.41. The van der Waals surface area contributed by atoms with Gasteiger partial charge in [0.1, 0.15) is 5.75 Å². The molecule has 0 spiro atoms. The van der Waals surface area contributed by atoms with Crippen LogP contribution in [0.2, 0.25) is 0 Å². The summed E-state index contributed by atoms with van der Waals surface area (Å²) in [5.74, 6) is 0.921. The zero-order chi connectivity index (χ0) is 17.5. The van der Waals surface area contributed by atoms with Gasteiger partial charge in [0.05, 0.1) is 0 Å². The molecule has 6 heteroatoms. The highest BCUT2D eigenvalue weighted by atomic mass is 79.9. The number of ether oxygens (including phenoxy) is 1. The predicted octanol–water partition coefficient (Wildman–Crippen LogP) is 2.93. The molecule has 2 rings (SSSR count). The van der Waals surface area contributed by atoms with Gasteiger partial charge in [0.15, 0.2) is 6.61 Å².